The summed E-state index contributed by atoms with van der Waals surface area (Å²) in [6, 6.07) is 0. The zero-order valence-corrected chi connectivity index (χ0v) is 7.15. The predicted octanol–water partition coefficient (Wildman–Crippen LogP) is 1.92. The van der Waals surface area contributed by atoms with Crippen LogP contribution in [0, 0.1) is 0 Å². The Labute approximate surface area is 57.0 Å². The summed E-state index contributed by atoms with van der Waals surface area (Å²) in [5.41, 5.74) is 0. The summed E-state index contributed by atoms with van der Waals surface area (Å²) in [6.07, 6.45) is 1.44. The molecule has 9 heavy (non-hydrogen) atoms. The van der Waals surface area contributed by atoms with Crippen LogP contribution in [0.1, 0.15) is 13.3 Å². The minimum absolute atomic E-state index is 0.369. The van der Waals surface area contributed by atoms with E-state index in [1.807, 2.05) is 0 Å². The van der Waals surface area contributed by atoms with Crippen LogP contribution in [0.25, 0.3) is 0 Å². The molecule has 1 fully saturated rings. The Bertz CT molecular complexity index is 103. The summed E-state index contributed by atoms with van der Waals surface area (Å²) in [6.45, 7) is 7.04. The molecule has 0 saturated carbocycles. The molecular weight excluding hydrogens is 135 g/mol. The van der Waals surface area contributed by atoms with E-state index >= 15 is 0 Å². The van der Waals surface area contributed by atoms with E-state index in [0.717, 1.165) is 13.0 Å². The lowest BCUT2D eigenvalue weighted by Crippen LogP contribution is -2.05. The standard InChI is InChI=1S/C6H14O2P/c1-4-6-5-7-9(2,3)8-6/h6H,4-5H2,1-3H3/q+1/t6-/m1/s1. The van der Waals surface area contributed by atoms with E-state index in [1.54, 1.807) is 0 Å². The second-order valence-electron chi connectivity index (χ2n) is 2.68. The minimum Gasteiger partial charge on any atom is -0.204 e. The van der Waals surface area contributed by atoms with Gasteiger partial charge in [0.15, 0.2) is 0 Å². The first-order chi connectivity index (χ1) is 4.14. The molecule has 1 aliphatic heterocycles. The van der Waals surface area contributed by atoms with E-state index in [0.29, 0.717) is 6.10 Å². The molecule has 2 nitrogen and oxygen atoms in total. The Hall–Kier alpha value is 0.350. The van der Waals surface area contributed by atoms with E-state index in [4.69, 9.17) is 9.05 Å². The van der Waals surface area contributed by atoms with Crippen molar-refractivity contribution in [1.29, 1.82) is 0 Å². The van der Waals surface area contributed by atoms with Crippen molar-refractivity contribution < 1.29 is 9.05 Å². The lowest BCUT2D eigenvalue weighted by Gasteiger charge is -2.05. The third-order valence-electron chi connectivity index (χ3n) is 1.43. The van der Waals surface area contributed by atoms with Gasteiger partial charge in [0.05, 0.1) is 0 Å². The molecule has 1 atom stereocenters. The molecule has 0 aromatic rings. The van der Waals surface area contributed by atoms with Crippen molar-refractivity contribution in [2.24, 2.45) is 0 Å². The van der Waals surface area contributed by atoms with Crippen LogP contribution in [-0.2, 0) is 9.05 Å². The molecular formula is C6H14O2P+. The van der Waals surface area contributed by atoms with Crippen LogP contribution in [0.3, 0.4) is 0 Å². The predicted molar refractivity (Wildman–Crippen MR) is 39.9 cm³/mol. The van der Waals surface area contributed by atoms with Gasteiger partial charge in [-0.25, -0.2) is 9.05 Å². The van der Waals surface area contributed by atoms with Gasteiger partial charge in [0.25, 0.3) is 7.72 Å². The topological polar surface area (TPSA) is 18.5 Å². The zero-order chi connectivity index (χ0) is 6.91. The number of hydrogen-bond donors (Lipinski definition) is 0. The average Bonchev–Trinajstić information content (AvgIpc) is 2.10. The van der Waals surface area contributed by atoms with Gasteiger partial charge in [-0.1, -0.05) is 6.92 Å². The van der Waals surface area contributed by atoms with E-state index in [1.165, 1.54) is 0 Å². The molecule has 0 aromatic heterocycles. The van der Waals surface area contributed by atoms with Gasteiger partial charge < -0.3 is 0 Å². The average molecular weight is 149 g/mol. The monoisotopic (exact) mass is 149 g/mol. The molecule has 0 bridgehead atoms. The summed E-state index contributed by atoms with van der Waals surface area (Å²) in [4.78, 5) is 0. The maximum Gasteiger partial charge on any atom is 0.269 e. The van der Waals surface area contributed by atoms with Crippen LogP contribution in [-0.4, -0.2) is 26.0 Å². The number of hydrogen-bond acceptors (Lipinski definition) is 2. The summed E-state index contributed by atoms with van der Waals surface area (Å²) in [5.74, 6) is 0. The van der Waals surface area contributed by atoms with Gasteiger partial charge in [-0.15, -0.1) is 0 Å². The summed E-state index contributed by atoms with van der Waals surface area (Å²) in [7, 11) is -1.37. The fourth-order valence-corrected chi connectivity index (χ4v) is 2.39. The lowest BCUT2D eigenvalue weighted by molar-refractivity contribution is 0.233. The fraction of sp³-hybridized carbons (Fsp3) is 1.00. The van der Waals surface area contributed by atoms with Crippen LogP contribution in [0.15, 0.2) is 0 Å². The molecule has 0 spiro atoms. The van der Waals surface area contributed by atoms with Crippen molar-refractivity contribution in [3.63, 3.8) is 0 Å². The van der Waals surface area contributed by atoms with E-state index in [-0.39, 0.29) is 0 Å². The maximum atomic E-state index is 5.59. The zero-order valence-electron chi connectivity index (χ0n) is 6.26. The molecule has 1 heterocycles. The quantitative estimate of drug-likeness (QED) is 0.530. The van der Waals surface area contributed by atoms with Crippen molar-refractivity contribution >= 4 is 7.72 Å². The van der Waals surface area contributed by atoms with Crippen LogP contribution in [0.2, 0.25) is 0 Å². The highest BCUT2D eigenvalue weighted by Gasteiger charge is 2.40. The number of rotatable bonds is 1. The molecule has 3 heteroatoms. The minimum atomic E-state index is -1.37. The molecule has 0 unspecified atom stereocenters. The Morgan fingerprint density at radius 2 is 2.22 bits per heavy atom. The lowest BCUT2D eigenvalue weighted by atomic mass is 10.3. The smallest absolute Gasteiger partial charge is 0.204 e. The molecule has 0 radical (unpaired) electrons. The third-order valence-corrected chi connectivity index (χ3v) is 3.01. The molecule has 0 aliphatic carbocycles. The molecule has 54 valence electrons. The van der Waals surface area contributed by atoms with E-state index in [9.17, 15) is 0 Å². The molecule has 1 rings (SSSR count). The summed E-state index contributed by atoms with van der Waals surface area (Å²) < 4.78 is 11.0. The van der Waals surface area contributed by atoms with Crippen LogP contribution >= 0.6 is 7.72 Å². The molecule has 1 aliphatic rings. The first-order valence-electron chi connectivity index (χ1n) is 3.31. The normalized spacial score (nSPS) is 33.0. The Morgan fingerprint density at radius 1 is 1.56 bits per heavy atom. The highest BCUT2D eigenvalue weighted by molar-refractivity contribution is 7.65. The Kier molecular flexibility index (Phi) is 2.10. The molecule has 0 N–H and O–H groups in total. The first kappa shape index (κ1) is 7.46. The summed E-state index contributed by atoms with van der Waals surface area (Å²) >= 11 is 0. The van der Waals surface area contributed by atoms with Gasteiger partial charge in [-0.3, -0.25) is 0 Å². The van der Waals surface area contributed by atoms with Gasteiger partial charge in [-0.2, -0.15) is 0 Å². The SMILES string of the molecule is CC[C@@H]1CO[P+](C)(C)O1. The largest absolute Gasteiger partial charge is 0.269 e. The second kappa shape index (κ2) is 2.53. The second-order valence-corrected chi connectivity index (χ2v) is 5.66. The van der Waals surface area contributed by atoms with Crippen LogP contribution in [0.5, 0.6) is 0 Å². The van der Waals surface area contributed by atoms with Gasteiger partial charge in [0, 0.05) is 0 Å². The van der Waals surface area contributed by atoms with Gasteiger partial charge in [0.2, 0.25) is 0 Å². The molecule has 0 amide bonds. The van der Waals surface area contributed by atoms with Crippen molar-refractivity contribution in [2.75, 3.05) is 19.9 Å². The van der Waals surface area contributed by atoms with Crippen LogP contribution < -0.4 is 0 Å². The van der Waals surface area contributed by atoms with Gasteiger partial charge in [0.1, 0.15) is 26.0 Å². The van der Waals surface area contributed by atoms with Crippen molar-refractivity contribution in [1.82, 2.24) is 0 Å². The third kappa shape index (κ3) is 1.89. The Morgan fingerprint density at radius 3 is 2.44 bits per heavy atom. The van der Waals surface area contributed by atoms with E-state index < -0.39 is 7.72 Å². The van der Waals surface area contributed by atoms with Crippen molar-refractivity contribution in [3.05, 3.63) is 0 Å². The Balaban J connectivity index is 2.38. The van der Waals surface area contributed by atoms with Crippen molar-refractivity contribution in [2.45, 2.75) is 19.4 Å². The van der Waals surface area contributed by atoms with Gasteiger partial charge in [-0.05, 0) is 6.42 Å². The van der Waals surface area contributed by atoms with Crippen LogP contribution in [0.4, 0.5) is 0 Å². The molecule has 0 aromatic carbocycles. The van der Waals surface area contributed by atoms with Gasteiger partial charge >= 0.3 is 0 Å². The van der Waals surface area contributed by atoms with Crippen molar-refractivity contribution in [3.8, 4) is 0 Å². The highest BCUT2D eigenvalue weighted by atomic mass is 31.2. The first-order valence-corrected chi connectivity index (χ1v) is 5.83. The van der Waals surface area contributed by atoms with E-state index in [2.05, 4.69) is 20.3 Å². The molecule has 1 saturated heterocycles. The maximum absolute atomic E-state index is 5.59. The fourth-order valence-electron chi connectivity index (χ4n) is 0.875. The summed E-state index contributed by atoms with van der Waals surface area (Å²) in [5, 5.41) is 0. The highest BCUT2D eigenvalue weighted by Crippen LogP contribution is 2.59.